The average molecular weight is 463 g/mol. The van der Waals surface area contributed by atoms with Crippen LogP contribution in [0.2, 0.25) is 0 Å². The Hall–Kier alpha value is -3.54. The van der Waals surface area contributed by atoms with Crippen molar-refractivity contribution < 1.29 is 27.0 Å². The first-order valence-electron chi connectivity index (χ1n) is 9.22. The molecule has 0 amide bonds. The number of thiophene rings is 1. The standard InChI is InChI=1S/C20H13F4N5O2S/c1-8-5-10(16(21)22)26-19-13(8)14-15(32-19)18-27-17(28-29(18)7-25-14)9-3-4-11(31-20(23)24)12(6-9)30-2/h3-7,16,20H,1-2H3. The Balaban J connectivity index is 1.67. The fraction of sp³-hybridized carbons (Fsp3) is 0.200. The van der Waals surface area contributed by atoms with E-state index in [9.17, 15) is 17.6 Å². The summed E-state index contributed by atoms with van der Waals surface area (Å²) < 4.78 is 63.2. The molecular weight excluding hydrogens is 450 g/mol. The summed E-state index contributed by atoms with van der Waals surface area (Å²) in [7, 11) is 1.34. The Bertz CT molecular complexity index is 1480. The van der Waals surface area contributed by atoms with E-state index >= 15 is 0 Å². The molecule has 0 saturated heterocycles. The third-order valence-corrected chi connectivity index (χ3v) is 5.91. The molecule has 1 aromatic carbocycles. The van der Waals surface area contributed by atoms with E-state index in [0.29, 0.717) is 43.0 Å². The Labute approximate surface area is 181 Å². The number of hydrogen-bond donors (Lipinski definition) is 0. The molecule has 0 bridgehead atoms. The fourth-order valence-corrected chi connectivity index (χ4v) is 4.65. The van der Waals surface area contributed by atoms with Crippen molar-refractivity contribution in [2.45, 2.75) is 20.0 Å². The Morgan fingerprint density at radius 2 is 1.88 bits per heavy atom. The topological polar surface area (TPSA) is 74.4 Å². The number of rotatable bonds is 5. The third kappa shape index (κ3) is 3.27. The first-order valence-corrected chi connectivity index (χ1v) is 10.0. The molecule has 0 radical (unpaired) electrons. The van der Waals surface area contributed by atoms with Crippen molar-refractivity contribution in [3.63, 3.8) is 0 Å². The number of ether oxygens (including phenoxy) is 2. The molecule has 0 saturated carbocycles. The highest BCUT2D eigenvalue weighted by molar-refractivity contribution is 7.26. The summed E-state index contributed by atoms with van der Waals surface area (Å²) in [4.78, 5) is 13.5. The Morgan fingerprint density at radius 3 is 2.59 bits per heavy atom. The first-order chi connectivity index (χ1) is 15.4. The van der Waals surface area contributed by atoms with Gasteiger partial charge in [0.15, 0.2) is 23.0 Å². The molecule has 0 N–H and O–H groups in total. The lowest BCUT2D eigenvalue weighted by Gasteiger charge is -2.10. The smallest absolute Gasteiger partial charge is 0.387 e. The molecular formula is C20H13F4N5O2S. The Morgan fingerprint density at radius 1 is 1.06 bits per heavy atom. The lowest BCUT2D eigenvalue weighted by Crippen LogP contribution is -2.03. The number of halogens is 4. The first kappa shape index (κ1) is 20.4. The molecule has 0 unspecified atom stereocenters. The maximum Gasteiger partial charge on any atom is 0.387 e. The molecule has 0 aliphatic heterocycles. The molecule has 5 rings (SSSR count). The van der Waals surface area contributed by atoms with Gasteiger partial charge >= 0.3 is 6.61 Å². The van der Waals surface area contributed by atoms with Crippen LogP contribution in [0.3, 0.4) is 0 Å². The number of methoxy groups -OCH3 is 1. The van der Waals surface area contributed by atoms with E-state index in [4.69, 9.17) is 4.74 Å². The van der Waals surface area contributed by atoms with Crippen LogP contribution in [0.1, 0.15) is 17.7 Å². The van der Waals surface area contributed by atoms with Crippen LogP contribution in [0.15, 0.2) is 30.6 Å². The zero-order chi connectivity index (χ0) is 22.6. The van der Waals surface area contributed by atoms with Crippen molar-refractivity contribution in [1.82, 2.24) is 24.6 Å². The predicted octanol–water partition coefficient (Wildman–Crippen LogP) is 5.41. The van der Waals surface area contributed by atoms with Gasteiger partial charge in [-0.15, -0.1) is 16.4 Å². The quantitative estimate of drug-likeness (QED) is 0.325. The average Bonchev–Trinajstić information content (AvgIpc) is 3.34. The summed E-state index contributed by atoms with van der Waals surface area (Å²) in [5.41, 5.74) is 1.93. The second-order valence-electron chi connectivity index (χ2n) is 6.82. The lowest BCUT2D eigenvalue weighted by atomic mass is 10.1. The van der Waals surface area contributed by atoms with Crippen LogP contribution in [0.4, 0.5) is 17.6 Å². The molecule has 0 fully saturated rings. The minimum atomic E-state index is -2.99. The van der Waals surface area contributed by atoms with Gasteiger partial charge in [-0.2, -0.15) is 8.78 Å². The monoisotopic (exact) mass is 463 g/mol. The van der Waals surface area contributed by atoms with Crippen LogP contribution < -0.4 is 9.47 Å². The molecule has 0 aliphatic carbocycles. The highest BCUT2D eigenvalue weighted by Crippen LogP contribution is 2.38. The van der Waals surface area contributed by atoms with E-state index in [2.05, 4.69) is 24.8 Å². The lowest BCUT2D eigenvalue weighted by molar-refractivity contribution is -0.0512. The molecule has 164 valence electrons. The van der Waals surface area contributed by atoms with Gasteiger partial charge in [0, 0.05) is 10.9 Å². The van der Waals surface area contributed by atoms with Gasteiger partial charge in [-0.05, 0) is 36.8 Å². The van der Waals surface area contributed by atoms with Crippen LogP contribution in [-0.4, -0.2) is 38.3 Å². The predicted molar refractivity (Wildman–Crippen MR) is 110 cm³/mol. The molecule has 0 spiro atoms. The summed E-state index contributed by atoms with van der Waals surface area (Å²) >= 11 is 1.20. The molecule has 4 heterocycles. The number of pyridine rings is 1. The van der Waals surface area contributed by atoms with Gasteiger partial charge in [-0.3, -0.25) is 0 Å². The number of aryl methyl sites for hydroxylation is 1. The maximum absolute atomic E-state index is 13.2. The minimum Gasteiger partial charge on any atom is -0.493 e. The van der Waals surface area contributed by atoms with Crippen LogP contribution in [0.5, 0.6) is 11.5 Å². The summed E-state index contributed by atoms with van der Waals surface area (Å²) in [5, 5.41) is 5.09. The zero-order valence-electron chi connectivity index (χ0n) is 16.5. The number of fused-ring (bicyclic) bond motifs is 5. The fourth-order valence-electron chi connectivity index (χ4n) is 3.47. The number of benzene rings is 1. The van der Waals surface area contributed by atoms with Crippen LogP contribution >= 0.6 is 11.3 Å². The van der Waals surface area contributed by atoms with Crippen LogP contribution in [-0.2, 0) is 0 Å². The molecule has 12 heteroatoms. The van der Waals surface area contributed by atoms with Gasteiger partial charge in [0.2, 0.25) is 0 Å². The van der Waals surface area contributed by atoms with E-state index < -0.39 is 13.0 Å². The number of nitrogens with zero attached hydrogens (tertiary/aromatic N) is 5. The van der Waals surface area contributed by atoms with Crippen LogP contribution in [0, 0.1) is 6.92 Å². The number of aromatic nitrogens is 5. The third-order valence-electron chi connectivity index (χ3n) is 4.85. The van der Waals surface area contributed by atoms with Crippen molar-refractivity contribution in [2.24, 2.45) is 0 Å². The highest BCUT2D eigenvalue weighted by Gasteiger charge is 2.20. The normalized spacial score (nSPS) is 12.0. The largest absolute Gasteiger partial charge is 0.493 e. The van der Waals surface area contributed by atoms with Crippen molar-refractivity contribution >= 4 is 37.4 Å². The minimum absolute atomic E-state index is 0.103. The van der Waals surface area contributed by atoms with Crippen molar-refractivity contribution in [2.75, 3.05) is 7.11 Å². The second kappa shape index (κ2) is 7.55. The summed E-state index contributed by atoms with van der Waals surface area (Å²) in [5.74, 6) is 0.294. The second-order valence-corrected chi connectivity index (χ2v) is 7.82. The molecule has 0 aliphatic rings. The van der Waals surface area contributed by atoms with Gasteiger partial charge in [0.1, 0.15) is 21.6 Å². The maximum atomic E-state index is 13.2. The molecule has 0 atom stereocenters. The van der Waals surface area contributed by atoms with Crippen molar-refractivity contribution in [1.29, 1.82) is 0 Å². The van der Waals surface area contributed by atoms with Crippen molar-refractivity contribution in [3.8, 4) is 22.9 Å². The molecule has 5 aromatic rings. The Kier molecular flexibility index (Phi) is 4.81. The van der Waals surface area contributed by atoms with Gasteiger partial charge in [0.25, 0.3) is 6.43 Å². The summed E-state index contributed by atoms with van der Waals surface area (Å²) in [6.45, 7) is -1.25. The van der Waals surface area contributed by atoms with Gasteiger partial charge in [-0.1, -0.05) is 0 Å². The number of alkyl halides is 4. The number of hydrogen-bond acceptors (Lipinski definition) is 7. The molecule has 32 heavy (non-hydrogen) atoms. The molecule has 4 aromatic heterocycles. The van der Waals surface area contributed by atoms with E-state index in [0.717, 1.165) is 0 Å². The SMILES string of the molecule is COc1cc(-c2nc3c4sc5nc(C(F)F)cc(C)c5c4ncn3n2)ccc1OC(F)F. The summed E-state index contributed by atoms with van der Waals surface area (Å²) in [6, 6.07) is 5.72. The highest BCUT2D eigenvalue weighted by atomic mass is 32.1. The van der Waals surface area contributed by atoms with E-state index in [1.165, 1.54) is 53.6 Å². The van der Waals surface area contributed by atoms with E-state index in [1.807, 2.05) is 0 Å². The van der Waals surface area contributed by atoms with Crippen molar-refractivity contribution in [3.05, 3.63) is 41.9 Å². The van der Waals surface area contributed by atoms with Gasteiger partial charge < -0.3 is 9.47 Å². The summed E-state index contributed by atoms with van der Waals surface area (Å²) in [6.07, 6.45) is -1.20. The van der Waals surface area contributed by atoms with Crippen LogP contribution in [0.25, 0.3) is 37.5 Å². The van der Waals surface area contributed by atoms with E-state index in [1.54, 1.807) is 6.92 Å². The molecule has 7 nitrogen and oxygen atoms in total. The zero-order valence-corrected chi connectivity index (χ0v) is 17.3. The van der Waals surface area contributed by atoms with Gasteiger partial charge in [-0.25, -0.2) is 28.2 Å². The van der Waals surface area contributed by atoms with Gasteiger partial charge in [0.05, 0.1) is 12.6 Å². The van der Waals surface area contributed by atoms with E-state index in [-0.39, 0.29) is 17.2 Å².